The Morgan fingerprint density at radius 3 is 1.31 bits per heavy atom. The van der Waals surface area contributed by atoms with E-state index < -0.39 is 34.6 Å². The van der Waals surface area contributed by atoms with E-state index in [-0.39, 0.29) is 26.3 Å². The van der Waals surface area contributed by atoms with E-state index in [9.17, 15) is 19.2 Å². The summed E-state index contributed by atoms with van der Waals surface area (Å²) in [6.45, 7) is 8.31. The Labute approximate surface area is 206 Å². The molecular formula is C27H34N2O6. The number of carbonyl (C=O) groups excluding carboxylic acids is 4. The molecule has 0 spiro atoms. The maximum absolute atomic E-state index is 12.1. The lowest BCUT2D eigenvalue weighted by atomic mass is 9.75. The Morgan fingerprint density at radius 1 is 0.629 bits per heavy atom. The third-order valence-corrected chi connectivity index (χ3v) is 5.21. The lowest BCUT2D eigenvalue weighted by Crippen LogP contribution is -2.43. The van der Waals surface area contributed by atoms with Gasteiger partial charge in [0.05, 0.1) is 0 Å². The molecular weight excluding hydrogens is 448 g/mol. The van der Waals surface area contributed by atoms with Crippen molar-refractivity contribution >= 4 is 23.8 Å². The molecule has 0 unspecified atom stereocenters. The molecule has 2 aromatic carbocycles. The quantitative estimate of drug-likeness (QED) is 0.398. The molecule has 0 aliphatic rings. The van der Waals surface area contributed by atoms with Gasteiger partial charge in [0.2, 0.25) is 0 Å². The number of ether oxygens (including phenoxy) is 2. The molecule has 0 saturated heterocycles. The predicted molar refractivity (Wildman–Crippen MR) is 131 cm³/mol. The summed E-state index contributed by atoms with van der Waals surface area (Å²) in [7, 11) is 0. The zero-order valence-corrected chi connectivity index (χ0v) is 20.8. The van der Waals surface area contributed by atoms with Gasteiger partial charge in [0.25, 0.3) is 0 Å². The van der Waals surface area contributed by atoms with E-state index in [0.717, 1.165) is 11.1 Å². The molecule has 188 valence electrons. The van der Waals surface area contributed by atoms with Crippen LogP contribution in [-0.4, -0.2) is 36.8 Å². The first kappa shape index (κ1) is 27.6. The molecule has 0 aliphatic heterocycles. The van der Waals surface area contributed by atoms with E-state index in [2.05, 4.69) is 10.6 Å². The van der Waals surface area contributed by atoms with Crippen molar-refractivity contribution < 1.29 is 28.7 Å². The standard InChI is InChI=1S/C27H34N2O6/c1-26(2,18-28-22(30)24(32)34-15-20-11-7-5-8-12-20)17-27(3,4)19-29-23(31)25(33)35-16-21-13-9-6-10-14-21/h5-14H,15-19H2,1-4H3,(H,28,30)(H,29,31). The first-order valence-corrected chi connectivity index (χ1v) is 11.5. The van der Waals surface area contributed by atoms with Crippen LogP contribution in [0.4, 0.5) is 0 Å². The first-order chi connectivity index (χ1) is 16.5. The number of carbonyl (C=O) groups is 4. The van der Waals surface area contributed by atoms with Crippen LogP contribution in [-0.2, 0) is 41.9 Å². The van der Waals surface area contributed by atoms with Crippen LogP contribution in [0.15, 0.2) is 60.7 Å². The largest absolute Gasteiger partial charge is 0.454 e. The zero-order chi connectivity index (χ0) is 25.9. The molecule has 0 fully saturated rings. The van der Waals surface area contributed by atoms with Crippen LogP contribution in [0.1, 0.15) is 45.2 Å². The fraction of sp³-hybridized carbons (Fsp3) is 0.407. The molecule has 0 saturated carbocycles. The third kappa shape index (κ3) is 10.4. The highest BCUT2D eigenvalue weighted by molar-refractivity contribution is 6.32. The predicted octanol–water partition coefficient (Wildman–Crippen LogP) is 3.15. The Morgan fingerprint density at radius 2 is 0.971 bits per heavy atom. The maximum atomic E-state index is 12.1. The molecule has 35 heavy (non-hydrogen) atoms. The topological polar surface area (TPSA) is 111 Å². The van der Waals surface area contributed by atoms with Crippen molar-refractivity contribution in [2.24, 2.45) is 10.8 Å². The van der Waals surface area contributed by atoms with Crippen molar-refractivity contribution in [3.8, 4) is 0 Å². The van der Waals surface area contributed by atoms with E-state index >= 15 is 0 Å². The van der Waals surface area contributed by atoms with Crippen LogP contribution in [0.25, 0.3) is 0 Å². The SMILES string of the molecule is CC(C)(CNC(=O)C(=O)OCc1ccccc1)CC(C)(C)CNC(=O)C(=O)OCc1ccccc1. The molecule has 0 radical (unpaired) electrons. The van der Waals surface area contributed by atoms with Crippen molar-refractivity contribution in [3.05, 3.63) is 71.8 Å². The number of benzene rings is 2. The van der Waals surface area contributed by atoms with Crippen molar-refractivity contribution in [3.63, 3.8) is 0 Å². The molecule has 8 heteroatoms. The fourth-order valence-corrected chi connectivity index (χ4v) is 3.78. The van der Waals surface area contributed by atoms with Crippen LogP contribution in [0.2, 0.25) is 0 Å². The minimum atomic E-state index is -0.940. The second-order valence-electron chi connectivity index (χ2n) is 9.99. The van der Waals surface area contributed by atoms with Gasteiger partial charge < -0.3 is 20.1 Å². The van der Waals surface area contributed by atoms with E-state index in [1.165, 1.54) is 0 Å². The molecule has 8 nitrogen and oxygen atoms in total. The van der Waals surface area contributed by atoms with E-state index in [4.69, 9.17) is 9.47 Å². The average Bonchev–Trinajstić information content (AvgIpc) is 2.83. The molecule has 2 aromatic rings. The summed E-state index contributed by atoms with van der Waals surface area (Å²) in [5.41, 5.74) is 0.804. The summed E-state index contributed by atoms with van der Waals surface area (Å²) >= 11 is 0. The molecule has 0 heterocycles. The summed E-state index contributed by atoms with van der Waals surface area (Å²) in [5.74, 6) is -3.49. The smallest absolute Gasteiger partial charge is 0.397 e. The molecule has 0 aliphatic carbocycles. The van der Waals surface area contributed by atoms with Gasteiger partial charge in [0, 0.05) is 13.1 Å². The number of hydrogen-bond donors (Lipinski definition) is 2. The number of nitrogens with one attached hydrogen (secondary N) is 2. The van der Waals surface area contributed by atoms with Gasteiger partial charge in [-0.1, -0.05) is 88.4 Å². The highest BCUT2D eigenvalue weighted by Gasteiger charge is 2.31. The van der Waals surface area contributed by atoms with E-state index in [0.29, 0.717) is 6.42 Å². The minimum Gasteiger partial charge on any atom is -0.454 e. The van der Waals surface area contributed by atoms with Crippen molar-refractivity contribution in [1.29, 1.82) is 0 Å². The van der Waals surface area contributed by atoms with Crippen molar-refractivity contribution in [2.45, 2.75) is 47.3 Å². The van der Waals surface area contributed by atoms with E-state index in [1.807, 2.05) is 64.1 Å². The number of amides is 2. The van der Waals surface area contributed by atoms with Crippen LogP contribution < -0.4 is 10.6 Å². The molecule has 0 bridgehead atoms. The normalized spacial score (nSPS) is 11.3. The summed E-state index contributed by atoms with van der Waals surface area (Å²) in [6.07, 6.45) is 0.596. The lowest BCUT2D eigenvalue weighted by Gasteiger charge is -2.35. The first-order valence-electron chi connectivity index (χ1n) is 11.5. The maximum Gasteiger partial charge on any atom is 0.397 e. The third-order valence-electron chi connectivity index (χ3n) is 5.21. The highest BCUT2D eigenvalue weighted by Crippen LogP contribution is 2.32. The monoisotopic (exact) mass is 482 g/mol. The summed E-state index contributed by atoms with van der Waals surface area (Å²) in [6, 6.07) is 18.2. The molecule has 0 atom stereocenters. The van der Waals surface area contributed by atoms with Crippen molar-refractivity contribution in [1.82, 2.24) is 10.6 Å². The second kappa shape index (κ2) is 12.7. The van der Waals surface area contributed by atoms with Gasteiger partial charge in [0.15, 0.2) is 0 Å². The molecule has 0 aromatic heterocycles. The summed E-state index contributed by atoms with van der Waals surface area (Å²) in [4.78, 5) is 48.2. The highest BCUT2D eigenvalue weighted by atomic mass is 16.5. The zero-order valence-electron chi connectivity index (χ0n) is 20.8. The number of rotatable bonds is 10. The van der Waals surface area contributed by atoms with Gasteiger partial charge in [-0.05, 0) is 28.4 Å². The van der Waals surface area contributed by atoms with Crippen LogP contribution in [0, 0.1) is 10.8 Å². The Balaban J connectivity index is 1.73. The fourth-order valence-electron chi connectivity index (χ4n) is 3.78. The van der Waals surface area contributed by atoms with E-state index in [1.54, 1.807) is 24.3 Å². The van der Waals surface area contributed by atoms with Crippen LogP contribution >= 0.6 is 0 Å². The van der Waals surface area contributed by atoms with Gasteiger partial charge in [0.1, 0.15) is 13.2 Å². The van der Waals surface area contributed by atoms with Gasteiger partial charge in [-0.2, -0.15) is 0 Å². The lowest BCUT2D eigenvalue weighted by molar-refractivity contribution is -0.156. The number of esters is 2. The average molecular weight is 483 g/mol. The minimum absolute atomic E-state index is 0.0248. The Hall–Kier alpha value is -3.68. The van der Waals surface area contributed by atoms with Gasteiger partial charge in [-0.3, -0.25) is 9.59 Å². The molecule has 2 rings (SSSR count). The second-order valence-corrected chi connectivity index (χ2v) is 9.99. The summed E-state index contributed by atoms with van der Waals surface area (Å²) < 4.78 is 10.1. The Bertz CT molecular complexity index is 921. The van der Waals surface area contributed by atoms with Crippen molar-refractivity contribution in [2.75, 3.05) is 13.1 Å². The van der Waals surface area contributed by atoms with Gasteiger partial charge in [-0.15, -0.1) is 0 Å². The number of hydrogen-bond acceptors (Lipinski definition) is 6. The van der Waals surface area contributed by atoms with Crippen LogP contribution in [0.3, 0.4) is 0 Å². The Kier molecular flexibility index (Phi) is 9.99. The van der Waals surface area contributed by atoms with Crippen LogP contribution in [0.5, 0.6) is 0 Å². The molecule has 2 amide bonds. The molecule has 2 N–H and O–H groups in total. The van der Waals surface area contributed by atoms with Gasteiger partial charge >= 0.3 is 23.8 Å². The van der Waals surface area contributed by atoms with Gasteiger partial charge in [-0.25, -0.2) is 9.59 Å². The summed E-state index contributed by atoms with van der Waals surface area (Å²) in [5, 5.41) is 5.24.